The van der Waals surface area contributed by atoms with Crippen molar-refractivity contribution in [3.8, 4) is 0 Å². The first-order valence-electron chi connectivity index (χ1n) is 8.21. The van der Waals surface area contributed by atoms with E-state index in [2.05, 4.69) is 4.98 Å². The summed E-state index contributed by atoms with van der Waals surface area (Å²) in [6.45, 7) is 3.43. The van der Waals surface area contributed by atoms with E-state index in [-0.39, 0.29) is 35.3 Å². The highest BCUT2D eigenvalue weighted by molar-refractivity contribution is 7.91. The van der Waals surface area contributed by atoms with Crippen molar-refractivity contribution in [2.45, 2.75) is 63.4 Å². The van der Waals surface area contributed by atoms with E-state index in [1.54, 1.807) is 13.8 Å². The molecule has 0 aromatic carbocycles. The van der Waals surface area contributed by atoms with E-state index in [0.29, 0.717) is 24.1 Å². The molecule has 1 amide bonds. The number of hydrogen-bond acceptors (Lipinski definition) is 5. The van der Waals surface area contributed by atoms with Crippen molar-refractivity contribution in [1.29, 1.82) is 0 Å². The summed E-state index contributed by atoms with van der Waals surface area (Å²) in [6, 6.07) is -0.0719. The Hall–Kier alpha value is -1.70. The molecule has 24 heavy (non-hydrogen) atoms. The lowest BCUT2D eigenvalue weighted by atomic mass is 10.0. The molecule has 1 aromatic heterocycles. The third-order valence-corrected chi connectivity index (χ3v) is 7.00. The van der Waals surface area contributed by atoms with Crippen LogP contribution in [0.3, 0.4) is 0 Å². The molecule has 0 N–H and O–H groups in total. The van der Waals surface area contributed by atoms with Gasteiger partial charge in [0.1, 0.15) is 16.4 Å². The highest BCUT2D eigenvalue weighted by Gasteiger charge is 2.45. The molecule has 0 spiro atoms. The number of aromatic nitrogens is 2. The Labute approximate surface area is 141 Å². The molecule has 3 heterocycles. The number of piperidine rings is 1. The van der Waals surface area contributed by atoms with Crippen LogP contribution in [-0.2, 0) is 21.2 Å². The second kappa shape index (κ2) is 5.98. The van der Waals surface area contributed by atoms with Gasteiger partial charge in [0.15, 0.2) is 0 Å². The van der Waals surface area contributed by atoms with Gasteiger partial charge < -0.3 is 4.90 Å². The fourth-order valence-corrected chi connectivity index (χ4v) is 5.04. The summed E-state index contributed by atoms with van der Waals surface area (Å²) in [7, 11) is -3.08. The quantitative estimate of drug-likeness (QED) is 0.786. The van der Waals surface area contributed by atoms with E-state index in [9.17, 15) is 18.0 Å². The van der Waals surface area contributed by atoms with Gasteiger partial charge in [0, 0.05) is 29.6 Å². The minimum atomic E-state index is -3.08. The van der Waals surface area contributed by atoms with E-state index in [4.69, 9.17) is 0 Å². The molecule has 0 radical (unpaired) electrons. The average Bonchev–Trinajstić information content (AvgIpc) is 2.77. The molecule has 3 rings (SSSR count). The number of fused-ring (bicyclic) bond motifs is 2. The van der Waals surface area contributed by atoms with E-state index >= 15 is 0 Å². The summed E-state index contributed by atoms with van der Waals surface area (Å²) in [5.74, 6) is -0.124. The van der Waals surface area contributed by atoms with Gasteiger partial charge >= 0.3 is 0 Å². The minimum Gasteiger partial charge on any atom is -0.335 e. The Bertz CT molecular complexity index is 816. The lowest BCUT2D eigenvalue weighted by Crippen LogP contribution is -2.51. The molecule has 1 aromatic rings. The van der Waals surface area contributed by atoms with Gasteiger partial charge in [-0.1, -0.05) is 0 Å². The smallest absolute Gasteiger partial charge is 0.256 e. The maximum absolute atomic E-state index is 12.7. The predicted molar refractivity (Wildman–Crippen MR) is 89.5 cm³/mol. The second-order valence-corrected chi connectivity index (χ2v) is 9.32. The fourth-order valence-electron chi connectivity index (χ4n) is 3.90. The minimum absolute atomic E-state index is 0.0359. The first-order valence-corrected chi connectivity index (χ1v) is 10.2. The molecule has 2 saturated heterocycles. The first kappa shape index (κ1) is 17.1. The van der Waals surface area contributed by atoms with Crippen LogP contribution in [0.15, 0.2) is 11.1 Å². The van der Waals surface area contributed by atoms with Gasteiger partial charge in [-0.2, -0.15) is 0 Å². The number of nitrogens with zero attached hydrogens (tertiary/aromatic N) is 3. The Morgan fingerprint density at radius 3 is 2.38 bits per heavy atom. The summed E-state index contributed by atoms with van der Waals surface area (Å²) in [5.41, 5.74) is 1.01. The number of carbonyl (C=O) groups excluding carboxylic acids is 1. The average molecular weight is 353 g/mol. The Kier molecular flexibility index (Phi) is 4.27. The first-order chi connectivity index (χ1) is 11.2. The number of aryl methyl sites for hydroxylation is 1. The molecular formula is C16H23N3O4S. The number of hydrogen-bond donors (Lipinski definition) is 0. The number of sulfone groups is 1. The van der Waals surface area contributed by atoms with Gasteiger partial charge in [-0.25, -0.2) is 13.4 Å². The monoisotopic (exact) mass is 353 g/mol. The molecule has 2 aliphatic rings. The van der Waals surface area contributed by atoms with Crippen LogP contribution in [0.1, 0.15) is 36.9 Å². The van der Waals surface area contributed by atoms with Crippen LogP contribution in [0.5, 0.6) is 0 Å². The van der Waals surface area contributed by atoms with Gasteiger partial charge in [0.2, 0.25) is 5.91 Å². The highest BCUT2D eigenvalue weighted by Crippen LogP contribution is 2.38. The number of rotatable bonds is 3. The highest BCUT2D eigenvalue weighted by atomic mass is 32.2. The zero-order chi connectivity index (χ0) is 17.6. The van der Waals surface area contributed by atoms with Crippen molar-refractivity contribution < 1.29 is 13.2 Å². The molecule has 2 unspecified atom stereocenters. The number of carbonyl (C=O) groups is 1. The standard InChI is InChI=1S/C16H23N3O4S/c1-10-11(2)17-9-18(16(10)21)8-15(20)19-12-4-5-13(19)7-14(6-12)24(3,22)23/h9,12-14H,4-8H2,1-3H3. The van der Waals surface area contributed by atoms with E-state index < -0.39 is 9.84 Å². The van der Waals surface area contributed by atoms with Crippen molar-refractivity contribution in [3.63, 3.8) is 0 Å². The molecule has 7 nitrogen and oxygen atoms in total. The van der Waals surface area contributed by atoms with Crippen molar-refractivity contribution in [2.75, 3.05) is 6.26 Å². The van der Waals surface area contributed by atoms with Crippen molar-refractivity contribution in [3.05, 3.63) is 27.9 Å². The summed E-state index contributed by atoms with van der Waals surface area (Å²) >= 11 is 0. The van der Waals surface area contributed by atoms with E-state index in [1.807, 2.05) is 4.90 Å². The molecule has 2 atom stereocenters. The van der Waals surface area contributed by atoms with Crippen LogP contribution >= 0.6 is 0 Å². The third kappa shape index (κ3) is 2.99. The van der Waals surface area contributed by atoms with E-state index in [1.165, 1.54) is 17.2 Å². The normalized spacial score (nSPS) is 26.6. The van der Waals surface area contributed by atoms with Gasteiger partial charge in [-0.05, 0) is 39.5 Å². The molecule has 0 aliphatic carbocycles. The molecular weight excluding hydrogens is 330 g/mol. The van der Waals surface area contributed by atoms with Crippen LogP contribution in [0, 0.1) is 13.8 Å². The molecule has 2 fully saturated rings. The largest absolute Gasteiger partial charge is 0.335 e. The molecule has 0 saturated carbocycles. The fraction of sp³-hybridized carbons (Fsp3) is 0.688. The van der Waals surface area contributed by atoms with Gasteiger partial charge in [0.25, 0.3) is 5.56 Å². The van der Waals surface area contributed by atoms with Gasteiger partial charge in [0.05, 0.1) is 11.6 Å². The van der Waals surface area contributed by atoms with Crippen LogP contribution in [-0.4, -0.2) is 52.4 Å². The summed E-state index contributed by atoms with van der Waals surface area (Å²) in [6.07, 6.45) is 5.36. The lowest BCUT2D eigenvalue weighted by molar-refractivity contribution is -0.136. The maximum atomic E-state index is 12.7. The molecule has 2 bridgehead atoms. The SMILES string of the molecule is Cc1ncn(CC(=O)N2C3CCC2CC(S(C)(=O)=O)C3)c(=O)c1C. The Morgan fingerprint density at radius 2 is 1.83 bits per heavy atom. The number of amides is 1. The summed E-state index contributed by atoms with van der Waals surface area (Å²) in [4.78, 5) is 30.9. The topological polar surface area (TPSA) is 89.3 Å². The van der Waals surface area contributed by atoms with Gasteiger partial charge in [-0.15, -0.1) is 0 Å². The van der Waals surface area contributed by atoms with Crippen LogP contribution < -0.4 is 5.56 Å². The zero-order valence-corrected chi connectivity index (χ0v) is 15.0. The van der Waals surface area contributed by atoms with Crippen molar-refractivity contribution in [1.82, 2.24) is 14.5 Å². The zero-order valence-electron chi connectivity index (χ0n) is 14.2. The molecule has 2 aliphatic heterocycles. The third-order valence-electron chi connectivity index (χ3n) is 5.40. The second-order valence-electron chi connectivity index (χ2n) is 7.00. The van der Waals surface area contributed by atoms with Crippen LogP contribution in [0.2, 0.25) is 0 Å². The van der Waals surface area contributed by atoms with Crippen LogP contribution in [0.25, 0.3) is 0 Å². The maximum Gasteiger partial charge on any atom is 0.256 e. The predicted octanol–water partition coefficient (Wildman–Crippen LogP) is 0.427. The van der Waals surface area contributed by atoms with Crippen molar-refractivity contribution in [2.24, 2.45) is 0 Å². The Balaban J connectivity index is 1.78. The Morgan fingerprint density at radius 1 is 1.25 bits per heavy atom. The van der Waals surface area contributed by atoms with Crippen molar-refractivity contribution >= 4 is 15.7 Å². The summed E-state index contributed by atoms with van der Waals surface area (Å²) < 4.78 is 25.0. The summed E-state index contributed by atoms with van der Waals surface area (Å²) in [5, 5.41) is -0.356. The van der Waals surface area contributed by atoms with E-state index in [0.717, 1.165) is 12.8 Å². The molecule has 8 heteroatoms. The molecule has 132 valence electrons. The van der Waals surface area contributed by atoms with Gasteiger partial charge in [-0.3, -0.25) is 14.2 Å². The van der Waals surface area contributed by atoms with Crippen LogP contribution in [0.4, 0.5) is 0 Å². The lowest BCUT2D eigenvalue weighted by Gasteiger charge is -2.38.